The molecule has 164 valence electrons. The molecule has 1 aliphatic heterocycles. The lowest BCUT2D eigenvalue weighted by atomic mass is 10.1. The average Bonchev–Trinajstić information content (AvgIpc) is 3.52. The van der Waals surface area contributed by atoms with Crippen molar-refractivity contribution in [3.8, 4) is 11.3 Å². The van der Waals surface area contributed by atoms with Crippen LogP contribution in [0.3, 0.4) is 0 Å². The summed E-state index contributed by atoms with van der Waals surface area (Å²) in [6.45, 7) is 2.80. The second kappa shape index (κ2) is 8.33. The van der Waals surface area contributed by atoms with E-state index in [0.29, 0.717) is 19.1 Å². The Morgan fingerprint density at radius 2 is 1.84 bits per heavy atom. The molecule has 2 aliphatic rings. The highest BCUT2D eigenvalue weighted by Crippen LogP contribution is 2.35. The molecule has 1 saturated carbocycles. The number of amides is 2. The van der Waals surface area contributed by atoms with Crippen molar-refractivity contribution in [3.63, 3.8) is 0 Å². The lowest BCUT2D eigenvalue weighted by Gasteiger charge is -2.33. The van der Waals surface area contributed by atoms with Gasteiger partial charge in [0.2, 0.25) is 10.1 Å². The van der Waals surface area contributed by atoms with Gasteiger partial charge < -0.3 is 20.4 Å². The van der Waals surface area contributed by atoms with Crippen LogP contribution in [-0.4, -0.2) is 64.8 Å². The van der Waals surface area contributed by atoms with Crippen molar-refractivity contribution < 1.29 is 9.18 Å². The normalized spacial score (nSPS) is 17.5. The van der Waals surface area contributed by atoms with Crippen LogP contribution >= 0.6 is 11.3 Å². The van der Waals surface area contributed by atoms with Gasteiger partial charge >= 0.3 is 6.03 Å². The molecule has 8 nitrogen and oxygen atoms in total. The molecule has 2 fully saturated rings. The number of piperazine rings is 1. The number of fused-ring (bicyclic) bond motifs is 1. The highest BCUT2D eigenvalue weighted by molar-refractivity contribution is 7.20. The first-order chi connectivity index (χ1) is 15.1. The Morgan fingerprint density at radius 3 is 2.52 bits per heavy atom. The number of hydrogen-bond acceptors (Lipinski definition) is 6. The molecule has 2 N–H and O–H groups in total. The molecule has 1 aliphatic carbocycles. The van der Waals surface area contributed by atoms with Crippen molar-refractivity contribution in [1.29, 1.82) is 0 Å². The van der Waals surface area contributed by atoms with E-state index in [1.165, 1.54) is 25.0 Å². The van der Waals surface area contributed by atoms with Crippen LogP contribution in [0.4, 0.5) is 20.1 Å². The average molecular weight is 444 g/mol. The SMILES string of the molecule is CNC(=O)N1CCN(c2nn3c(NC4CCCC4)c(-c4ccc(F)cc4)nc3s2)CC1. The van der Waals surface area contributed by atoms with Crippen LogP contribution in [0.2, 0.25) is 0 Å². The van der Waals surface area contributed by atoms with Crippen molar-refractivity contribution in [1.82, 2.24) is 24.8 Å². The van der Waals surface area contributed by atoms with Gasteiger partial charge in [0.05, 0.1) is 0 Å². The molecule has 5 rings (SSSR count). The van der Waals surface area contributed by atoms with Crippen LogP contribution in [0, 0.1) is 5.82 Å². The molecule has 1 saturated heterocycles. The van der Waals surface area contributed by atoms with Crippen molar-refractivity contribution in [2.45, 2.75) is 31.7 Å². The fraction of sp³-hybridized carbons (Fsp3) is 0.476. The number of aromatic nitrogens is 3. The van der Waals surface area contributed by atoms with Gasteiger partial charge in [0.15, 0.2) is 5.82 Å². The zero-order chi connectivity index (χ0) is 21.4. The molecule has 3 heterocycles. The monoisotopic (exact) mass is 443 g/mol. The molecule has 2 aromatic heterocycles. The van der Waals surface area contributed by atoms with Crippen LogP contribution in [0.25, 0.3) is 16.2 Å². The van der Waals surface area contributed by atoms with E-state index in [-0.39, 0.29) is 11.8 Å². The Morgan fingerprint density at radius 1 is 1.13 bits per heavy atom. The first-order valence-electron chi connectivity index (χ1n) is 10.8. The van der Waals surface area contributed by atoms with E-state index >= 15 is 0 Å². The van der Waals surface area contributed by atoms with Crippen LogP contribution in [0.15, 0.2) is 24.3 Å². The Labute approximate surface area is 184 Å². The maximum absolute atomic E-state index is 13.4. The summed E-state index contributed by atoms with van der Waals surface area (Å²) in [6, 6.07) is 6.82. The van der Waals surface area contributed by atoms with Gasteiger partial charge in [-0.2, -0.15) is 4.52 Å². The van der Waals surface area contributed by atoms with E-state index < -0.39 is 0 Å². The van der Waals surface area contributed by atoms with E-state index in [9.17, 15) is 9.18 Å². The number of nitrogens with zero attached hydrogens (tertiary/aromatic N) is 5. The maximum atomic E-state index is 13.4. The largest absolute Gasteiger partial charge is 0.365 e. The highest BCUT2D eigenvalue weighted by atomic mass is 32.1. The summed E-state index contributed by atoms with van der Waals surface area (Å²) in [5.74, 6) is 0.617. The van der Waals surface area contributed by atoms with E-state index in [1.54, 1.807) is 30.5 Å². The van der Waals surface area contributed by atoms with Gasteiger partial charge in [-0.3, -0.25) is 0 Å². The van der Waals surface area contributed by atoms with Crippen LogP contribution < -0.4 is 15.5 Å². The van der Waals surface area contributed by atoms with Crippen LogP contribution in [0.1, 0.15) is 25.7 Å². The molecule has 0 bridgehead atoms. The van der Waals surface area contributed by atoms with Gasteiger partial charge in [0.25, 0.3) is 0 Å². The number of urea groups is 1. The highest BCUT2D eigenvalue weighted by Gasteiger charge is 2.26. The number of benzene rings is 1. The number of anilines is 2. The lowest BCUT2D eigenvalue weighted by Crippen LogP contribution is -2.51. The van der Waals surface area contributed by atoms with Crippen LogP contribution in [-0.2, 0) is 0 Å². The Hall–Kier alpha value is -2.88. The van der Waals surface area contributed by atoms with Crippen molar-refractivity contribution in [2.24, 2.45) is 0 Å². The second-order valence-electron chi connectivity index (χ2n) is 8.05. The van der Waals surface area contributed by atoms with Gasteiger partial charge in [-0.1, -0.05) is 24.2 Å². The molecule has 0 radical (unpaired) electrons. The fourth-order valence-electron chi connectivity index (χ4n) is 4.33. The van der Waals surface area contributed by atoms with Gasteiger partial charge in [0, 0.05) is 44.8 Å². The maximum Gasteiger partial charge on any atom is 0.317 e. The van der Waals surface area contributed by atoms with E-state index in [4.69, 9.17) is 10.1 Å². The van der Waals surface area contributed by atoms with E-state index in [0.717, 1.165) is 53.1 Å². The molecule has 0 spiro atoms. The second-order valence-corrected chi connectivity index (χ2v) is 8.98. The minimum Gasteiger partial charge on any atom is -0.365 e. The number of hydrogen-bond donors (Lipinski definition) is 2. The van der Waals surface area contributed by atoms with E-state index in [2.05, 4.69) is 15.5 Å². The third-order valence-electron chi connectivity index (χ3n) is 6.06. The minimum absolute atomic E-state index is 0.0411. The van der Waals surface area contributed by atoms with Gasteiger partial charge in [-0.05, 0) is 37.1 Å². The van der Waals surface area contributed by atoms with Gasteiger partial charge in [-0.25, -0.2) is 14.2 Å². The Kier molecular flexibility index (Phi) is 5.39. The topological polar surface area (TPSA) is 77.8 Å². The third-order valence-corrected chi connectivity index (χ3v) is 7.03. The Balaban J connectivity index is 1.45. The summed E-state index contributed by atoms with van der Waals surface area (Å²) >= 11 is 1.54. The standard InChI is InChI=1S/C21H26FN7OS/c1-23-19(30)27-10-12-28(13-11-27)21-26-29-18(24-16-4-2-3-5-16)17(25-20(29)31-21)14-6-8-15(22)9-7-14/h6-9,16,24H,2-5,10-13H2,1H3,(H,23,30). The van der Waals surface area contributed by atoms with Crippen molar-refractivity contribution >= 4 is 33.3 Å². The zero-order valence-electron chi connectivity index (χ0n) is 17.5. The lowest BCUT2D eigenvalue weighted by molar-refractivity contribution is 0.196. The summed E-state index contributed by atoms with van der Waals surface area (Å²) < 4.78 is 15.3. The number of nitrogens with one attached hydrogen (secondary N) is 2. The molecule has 3 aromatic rings. The molecular formula is C21H26FN7OS. The Bertz CT molecular complexity index is 1070. The first kappa shape index (κ1) is 20.0. The zero-order valence-corrected chi connectivity index (χ0v) is 18.3. The number of carbonyl (C=O) groups is 1. The third kappa shape index (κ3) is 3.91. The predicted octanol–water partition coefficient (Wildman–Crippen LogP) is 3.41. The van der Waals surface area contributed by atoms with Crippen molar-refractivity contribution in [2.75, 3.05) is 43.4 Å². The summed E-state index contributed by atoms with van der Waals surface area (Å²) in [4.78, 5) is 21.5. The minimum atomic E-state index is -0.258. The number of rotatable bonds is 4. The van der Waals surface area contributed by atoms with Gasteiger partial charge in [-0.15, -0.1) is 5.10 Å². The number of imidazole rings is 1. The molecule has 0 unspecified atom stereocenters. The summed E-state index contributed by atoms with van der Waals surface area (Å²) in [6.07, 6.45) is 4.72. The number of halogens is 1. The van der Waals surface area contributed by atoms with E-state index in [1.807, 2.05) is 9.42 Å². The summed E-state index contributed by atoms with van der Waals surface area (Å²) in [5.41, 5.74) is 1.68. The molecule has 0 atom stereocenters. The molecule has 31 heavy (non-hydrogen) atoms. The molecule has 2 amide bonds. The summed E-state index contributed by atoms with van der Waals surface area (Å²) in [5, 5.41) is 12.1. The molecular weight excluding hydrogens is 417 g/mol. The molecule has 1 aromatic carbocycles. The molecule has 10 heteroatoms. The summed E-state index contributed by atoms with van der Waals surface area (Å²) in [7, 11) is 1.65. The van der Waals surface area contributed by atoms with Crippen LogP contribution in [0.5, 0.6) is 0 Å². The quantitative estimate of drug-likeness (QED) is 0.646. The fourth-order valence-corrected chi connectivity index (χ4v) is 5.28. The smallest absolute Gasteiger partial charge is 0.317 e. The van der Waals surface area contributed by atoms with Gasteiger partial charge in [0.1, 0.15) is 11.5 Å². The predicted molar refractivity (Wildman–Crippen MR) is 120 cm³/mol. The first-order valence-corrected chi connectivity index (χ1v) is 11.6. The van der Waals surface area contributed by atoms with Crippen molar-refractivity contribution in [3.05, 3.63) is 30.1 Å². The number of carbonyl (C=O) groups excluding carboxylic acids is 1.